The number of esters is 1. The van der Waals surface area contributed by atoms with E-state index in [1.165, 1.54) is 42.5 Å². The van der Waals surface area contributed by atoms with E-state index in [0.29, 0.717) is 35.3 Å². The van der Waals surface area contributed by atoms with Crippen molar-refractivity contribution in [2.75, 3.05) is 6.54 Å². The van der Waals surface area contributed by atoms with Crippen LogP contribution in [0.2, 0.25) is 10.0 Å². The van der Waals surface area contributed by atoms with Crippen LogP contribution in [0.3, 0.4) is 0 Å². The number of aromatic amines is 1. The topological polar surface area (TPSA) is 128 Å². The summed E-state index contributed by atoms with van der Waals surface area (Å²) in [6, 6.07) is 8.87. The highest BCUT2D eigenvalue weighted by Crippen LogP contribution is 2.39. The predicted molar refractivity (Wildman–Crippen MR) is 138 cm³/mol. The van der Waals surface area contributed by atoms with E-state index < -0.39 is 29.4 Å². The van der Waals surface area contributed by atoms with Crippen LogP contribution in [0.5, 0.6) is 5.75 Å². The van der Waals surface area contributed by atoms with E-state index >= 15 is 0 Å². The molecule has 0 aliphatic carbocycles. The number of ether oxygens (including phenoxy) is 1. The molecule has 200 valence electrons. The molecule has 0 saturated carbocycles. The summed E-state index contributed by atoms with van der Waals surface area (Å²) in [6.45, 7) is 0.453. The van der Waals surface area contributed by atoms with E-state index in [2.05, 4.69) is 10.1 Å². The van der Waals surface area contributed by atoms with Crippen molar-refractivity contribution in [2.24, 2.45) is 11.5 Å². The van der Waals surface area contributed by atoms with Crippen LogP contribution in [-0.4, -0.2) is 33.2 Å². The van der Waals surface area contributed by atoms with Crippen molar-refractivity contribution in [1.29, 1.82) is 0 Å². The van der Waals surface area contributed by atoms with Gasteiger partial charge in [-0.15, -0.1) is 0 Å². The van der Waals surface area contributed by atoms with Crippen LogP contribution in [0.1, 0.15) is 25.0 Å². The number of nitrogens with two attached hydrogens (primary N) is 2. The number of nitrogens with zero attached hydrogens (tertiary/aromatic N) is 2. The summed E-state index contributed by atoms with van der Waals surface area (Å²) in [7, 11) is 0. The number of rotatable bonds is 8. The van der Waals surface area contributed by atoms with E-state index in [1.54, 1.807) is 0 Å². The van der Waals surface area contributed by atoms with Crippen molar-refractivity contribution in [3.63, 3.8) is 0 Å². The molecule has 0 unspecified atom stereocenters. The van der Waals surface area contributed by atoms with Crippen LogP contribution in [-0.2, 0) is 11.0 Å². The Labute approximate surface area is 224 Å². The molecule has 0 fully saturated rings. The average Bonchev–Trinajstić information content (AvgIpc) is 3.27. The van der Waals surface area contributed by atoms with Crippen LogP contribution in [0.15, 0.2) is 53.5 Å². The number of unbranched alkanes of at least 4 members (excludes halogenated alkanes) is 1. The van der Waals surface area contributed by atoms with Gasteiger partial charge in [-0.25, -0.2) is 9.78 Å². The Morgan fingerprint density at radius 1 is 1.08 bits per heavy atom. The SMILES string of the molecule is NCCCC[C@@H](N)C(=O)Oc1cc(Cl)ccc1-c1cnc2c(-c3ccc(Cl)cc3)c(C(F)(F)F)[nH]n2c1=O. The van der Waals surface area contributed by atoms with Gasteiger partial charge in [-0.1, -0.05) is 41.8 Å². The van der Waals surface area contributed by atoms with Gasteiger partial charge in [0.2, 0.25) is 0 Å². The zero-order chi connectivity index (χ0) is 27.6. The van der Waals surface area contributed by atoms with Crippen molar-refractivity contribution in [2.45, 2.75) is 31.5 Å². The summed E-state index contributed by atoms with van der Waals surface area (Å²) in [5.74, 6) is -0.847. The van der Waals surface area contributed by atoms with Crippen LogP contribution in [0.4, 0.5) is 13.2 Å². The molecule has 0 saturated heterocycles. The fourth-order valence-corrected chi connectivity index (χ4v) is 4.20. The number of benzene rings is 2. The lowest BCUT2D eigenvalue weighted by molar-refractivity contribution is -0.140. The van der Waals surface area contributed by atoms with Gasteiger partial charge in [-0.3, -0.25) is 9.89 Å². The van der Waals surface area contributed by atoms with Gasteiger partial charge in [0.05, 0.1) is 11.1 Å². The number of aromatic nitrogens is 3. The molecule has 0 radical (unpaired) electrons. The van der Waals surface area contributed by atoms with Crippen LogP contribution in [0.25, 0.3) is 27.9 Å². The third-order valence-corrected chi connectivity index (χ3v) is 6.28. The first-order valence-corrected chi connectivity index (χ1v) is 12.2. The number of nitrogens with one attached hydrogen (secondary N) is 1. The minimum atomic E-state index is -4.82. The zero-order valence-corrected chi connectivity index (χ0v) is 21.2. The number of hydrogen-bond donors (Lipinski definition) is 3. The lowest BCUT2D eigenvalue weighted by Gasteiger charge is -2.14. The minimum absolute atomic E-state index is 0.0869. The molecule has 5 N–H and O–H groups in total. The van der Waals surface area contributed by atoms with Gasteiger partial charge in [-0.2, -0.15) is 17.7 Å². The molecular formula is C25H22Cl2F3N5O3. The standard InChI is InChI=1S/C25H22Cl2F3N5O3/c26-14-6-4-13(5-7-14)20-21(25(28,29)30)34-35-22(20)33-12-17(23(35)36)16-9-8-15(27)11-19(16)38-24(37)18(32)3-1-2-10-31/h4-9,11-12,18,34H,1-3,10,31-32H2/t18-/m1/s1. The van der Waals surface area contributed by atoms with Gasteiger partial charge in [0.15, 0.2) is 5.65 Å². The first-order valence-electron chi connectivity index (χ1n) is 11.5. The van der Waals surface area contributed by atoms with Gasteiger partial charge in [0.25, 0.3) is 5.56 Å². The number of alkyl halides is 3. The van der Waals surface area contributed by atoms with E-state index in [-0.39, 0.29) is 38.7 Å². The van der Waals surface area contributed by atoms with Crippen molar-refractivity contribution in [1.82, 2.24) is 14.6 Å². The van der Waals surface area contributed by atoms with E-state index in [1.807, 2.05) is 0 Å². The molecule has 0 bridgehead atoms. The third kappa shape index (κ3) is 5.70. The highest BCUT2D eigenvalue weighted by Gasteiger charge is 2.38. The second-order valence-electron chi connectivity index (χ2n) is 8.46. The van der Waals surface area contributed by atoms with Gasteiger partial charge in [0, 0.05) is 27.9 Å². The van der Waals surface area contributed by atoms with Crippen LogP contribution < -0.4 is 21.8 Å². The fraction of sp³-hybridized carbons (Fsp3) is 0.240. The van der Waals surface area contributed by atoms with Crippen molar-refractivity contribution in [3.05, 3.63) is 74.8 Å². The van der Waals surface area contributed by atoms with Gasteiger partial charge in [0.1, 0.15) is 17.5 Å². The summed E-state index contributed by atoms with van der Waals surface area (Å²) >= 11 is 12.0. The van der Waals surface area contributed by atoms with Gasteiger partial charge >= 0.3 is 12.1 Å². The number of hydrogen-bond acceptors (Lipinski definition) is 6. The molecule has 2 aromatic heterocycles. The lowest BCUT2D eigenvalue weighted by atomic mass is 10.0. The number of carbonyl (C=O) groups is 1. The monoisotopic (exact) mass is 567 g/mol. The Morgan fingerprint density at radius 3 is 2.42 bits per heavy atom. The molecule has 4 aromatic rings. The first kappa shape index (κ1) is 27.6. The summed E-state index contributed by atoms with van der Waals surface area (Å²) in [6.07, 6.45) is -2.08. The zero-order valence-electron chi connectivity index (χ0n) is 19.7. The fourth-order valence-electron chi connectivity index (χ4n) is 3.91. The maximum absolute atomic E-state index is 14.0. The number of fused-ring (bicyclic) bond motifs is 1. The number of H-pyrrole nitrogens is 1. The van der Waals surface area contributed by atoms with E-state index in [9.17, 15) is 22.8 Å². The smallest absolute Gasteiger partial charge is 0.425 e. The maximum atomic E-state index is 14.0. The quantitative estimate of drug-likeness (QED) is 0.155. The van der Waals surface area contributed by atoms with Gasteiger partial charge in [-0.05, 0) is 49.2 Å². The Bertz CT molecular complexity index is 1530. The molecule has 0 spiro atoms. The number of carbonyl (C=O) groups excluding carboxylic acids is 1. The molecule has 8 nitrogen and oxygen atoms in total. The maximum Gasteiger partial charge on any atom is 0.433 e. The minimum Gasteiger partial charge on any atom is -0.425 e. The average molecular weight is 568 g/mol. The predicted octanol–water partition coefficient (Wildman–Crippen LogP) is 5.04. The summed E-state index contributed by atoms with van der Waals surface area (Å²) in [4.78, 5) is 30.2. The highest BCUT2D eigenvalue weighted by molar-refractivity contribution is 6.31. The lowest BCUT2D eigenvalue weighted by Crippen LogP contribution is -2.34. The molecule has 0 aliphatic heterocycles. The highest BCUT2D eigenvalue weighted by atomic mass is 35.5. The van der Waals surface area contributed by atoms with Crippen molar-refractivity contribution in [3.8, 4) is 28.0 Å². The van der Waals surface area contributed by atoms with Crippen LogP contribution in [0, 0.1) is 0 Å². The van der Waals surface area contributed by atoms with Crippen molar-refractivity contribution < 1.29 is 22.7 Å². The molecule has 0 amide bonds. The van der Waals surface area contributed by atoms with Crippen molar-refractivity contribution >= 4 is 34.8 Å². The van der Waals surface area contributed by atoms with Gasteiger partial charge < -0.3 is 16.2 Å². The summed E-state index contributed by atoms with van der Waals surface area (Å²) in [5.41, 5.74) is 8.93. The Hall–Kier alpha value is -3.38. The normalized spacial score (nSPS) is 12.6. The second-order valence-corrected chi connectivity index (χ2v) is 9.33. The first-order chi connectivity index (χ1) is 18.0. The molecule has 0 aliphatic rings. The Balaban J connectivity index is 1.81. The largest absolute Gasteiger partial charge is 0.433 e. The summed E-state index contributed by atoms with van der Waals surface area (Å²) in [5, 5.41) is 2.67. The Kier molecular flexibility index (Phi) is 8.12. The number of halogens is 5. The third-order valence-electron chi connectivity index (χ3n) is 5.79. The van der Waals surface area contributed by atoms with E-state index in [0.717, 1.165) is 6.20 Å². The summed E-state index contributed by atoms with van der Waals surface area (Å²) < 4.78 is 48.0. The Morgan fingerprint density at radius 2 is 1.76 bits per heavy atom. The van der Waals surface area contributed by atoms with Crippen LogP contribution >= 0.6 is 23.2 Å². The second kappa shape index (κ2) is 11.2. The molecule has 13 heteroatoms. The molecule has 2 heterocycles. The molecule has 2 aromatic carbocycles. The van der Waals surface area contributed by atoms with E-state index in [4.69, 9.17) is 39.4 Å². The molecule has 38 heavy (non-hydrogen) atoms. The molecule has 1 atom stereocenters. The molecular weight excluding hydrogens is 546 g/mol. The molecule has 4 rings (SSSR count).